The zero-order valence-electron chi connectivity index (χ0n) is 19.6. The average Bonchev–Trinajstić information content (AvgIpc) is 3.09. The molecule has 0 aliphatic carbocycles. The number of amides is 1. The van der Waals surface area contributed by atoms with Gasteiger partial charge in [0.05, 0.1) is 32.4 Å². The van der Waals surface area contributed by atoms with E-state index in [-0.39, 0.29) is 16.9 Å². The molecule has 3 rings (SSSR count). The number of likely N-dealkylation sites (tertiary alicyclic amines) is 1. The number of methoxy groups -OCH3 is 2. The van der Waals surface area contributed by atoms with Crippen molar-refractivity contribution in [3.05, 3.63) is 59.2 Å². The topological polar surface area (TPSA) is 85.3 Å². The minimum absolute atomic E-state index is 0.0101. The van der Waals surface area contributed by atoms with Crippen LogP contribution >= 0.6 is 0 Å². The fourth-order valence-electron chi connectivity index (χ4n) is 4.00. The second kappa shape index (κ2) is 10.9. The van der Waals surface area contributed by atoms with Crippen LogP contribution in [0.1, 0.15) is 50.3 Å². The van der Waals surface area contributed by atoms with Crippen LogP contribution < -0.4 is 14.2 Å². The van der Waals surface area contributed by atoms with Crippen LogP contribution in [0.2, 0.25) is 0 Å². The molecule has 0 bridgehead atoms. The van der Waals surface area contributed by atoms with Crippen LogP contribution in [0.3, 0.4) is 0 Å². The van der Waals surface area contributed by atoms with E-state index in [9.17, 15) is 14.7 Å². The van der Waals surface area contributed by atoms with E-state index in [0.29, 0.717) is 42.4 Å². The Kier molecular flexibility index (Phi) is 7.98. The highest BCUT2D eigenvalue weighted by Crippen LogP contribution is 2.43. The van der Waals surface area contributed by atoms with Crippen molar-refractivity contribution in [1.82, 2.24) is 4.90 Å². The number of rotatable bonds is 10. The molecule has 2 aromatic carbocycles. The Morgan fingerprint density at radius 3 is 2.15 bits per heavy atom. The average molecular weight is 454 g/mol. The molecule has 1 unspecified atom stereocenters. The van der Waals surface area contributed by atoms with Gasteiger partial charge >= 0.3 is 0 Å². The fourth-order valence-corrected chi connectivity index (χ4v) is 4.00. The van der Waals surface area contributed by atoms with Gasteiger partial charge in [-0.3, -0.25) is 9.59 Å². The molecule has 1 atom stereocenters. The number of carbonyl (C=O) groups excluding carboxylic acids is 2. The summed E-state index contributed by atoms with van der Waals surface area (Å²) in [6, 6.07) is 11.6. The zero-order valence-corrected chi connectivity index (χ0v) is 19.6. The highest BCUT2D eigenvalue weighted by atomic mass is 16.5. The van der Waals surface area contributed by atoms with Crippen molar-refractivity contribution in [3.63, 3.8) is 0 Å². The fraction of sp³-hybridized carbons (Fsp3) is 0.385. The van der Waals surface area contributed by atoms with Gasteiger partial charge in [0.15, 0.2) is 0 Å². The second-order valence-electron chi connectivity index (χ2n) is 7.80. The second-order valence-corrected chi connectivity index (χ2v) is 7.80. The quantitative estimate of drug-likeness (QED) is 0.243. The SMILES string of the molecule is CCCCOc1ccc(C2/C(=C(\O)c3c(OC)cccc3OC)C(=O)C(=O)N2CCC)cc1. The maximum Gasteiger partial charge on any atom is 0.295 e. The molecule has 0 radical (unpaired) electrons. The molecule has 33 heavy (non-hydrogen) atoms. The van der Waals surface area contributed by atoms with Crippen LogP contribution in [0.4, 0.5) is 0 Å². The molecule has 0 aromatic heterocycles. The van der Waals surface area contributed by atoms with Crippen LogP contribution in [-0.2, 0) is 9.59 Å². The maximum absolute atomic E-state index is 13.1. The third-order valence-electron chi connectivity index (χ3n) is 5.63. The molecule has 2 aromatic rings. The van der Waals surface area contributed by atoms with Crippen LogP contribution in [-0.4, -0.2) is 49.1 Å². The van der Waals surface area contributed by atoms with E-state index >= 15 is 0 Å². The van der Waals surface area contributed by atoms with Crippen LogP contribution in [0, 0.1) is 0 Å². The van der Waals surface area contributed by atoms with E-state index in [1.165, 1.54) is 19.1 Å². The van der Waals surface area contributed by atoms with Crippen molar-refractivity contribution in [3.8, 4) is 17.2 Å². The first-order valence-corrected chi connectivity index (χ1v) is 11.2. The predicted molar refractivity (Wildman–Crippen MR) is 126 cm³/mol. The lowest BCUT2D eigenvalue weighted by Crippen LogP contribution is -2.30. The van der Waals surface area contributed by atoms with Gasteiger partial charge in [-0.25, -0.2) is 0 Å². The molecule has 1 aliphatic rings. The van der Waals surface area contributed by atoms with Crippen molar-refractivity contribution in [2.24, 2.45) is 0 Å². The van der Waals surface area contributed by atoms with Gasteiger partial charge in [0.2, 0.25) is 0 Å². The minimum Gasteiger partial charge on any atom is -0.506 e. The minimum atomic E-state index is -0.734. The summed E-state index contributed by atoms with van der Waals surface area (Å²) in [6.45, 7) is 5.03. The lowest BCUT2D eigenvalue weighted by molar-refractivity contribution is -0.139. The van der Waals surface area contributed by atoms with Gasteiger partial charge in [-0.2, -0.15) is 0 Å². The normalized spacial score (nSPS) is 17.3. The van der Waals surface area contributed by atoms with E-state index < -0.39 is 17.7 Å². The number of Topliss-reactive ketones (excluding diaryl/α,β-unsaturated/α-hetero) is 1. The van der Waals surface area contributed by atoms with Crippen LogP contribution in [0.5, 0.6) is 17.2 Å². The Hall–Kier alpha value is -3.48. The monoisotopic (exact) mass is 453 g/mol. The number of hydrogen-bond acceptors (Lipinski definition) is 6. The van der Waals surface area contributed by atoms with Crippen molar-refractivity contribution < 1.29 is 28.9 Å². The molecule has 1 N–H and O–H groups in total. The third-order valence-corrected chi connectivity index (χ3v) is 5.63. The van der Waals surface area contributed by atoms with Crippen LogP contribution in [0.15, 0.2) is 48.0 Å². The Balaban J connectivity index is 2.13. The van der Waals surface area contributed by atoms with Crippen LogP contribution in [0.25, 0.3) is 5.76 Å². The van der Waals surface area contributed by atoms with E-state index in [1.807, 2.05) is 31.2 Å². The van der Waals surface area contributed by atoms with Gasteiger partial charge in [0.1, 0.15) is 28.6 Å². The smallest absolute Gasteiger partial charge is 0.295 e. The van der Waals surface area contributed by atoms with Crippen molar-refractivity contribution in [2.75, 3.05) is 27.4 Å². The van der Waals surface area contributed by atoms with E-state index in [0.717, 1.165) is 12.8 Å². The number of ether oxygens (including phenoxy) is 3. The predicted octanol–water partition coefficient (Wildman–Crippen LogP) is 4.71. The van der Waals surface area contributed by atoms with E-state index in [1.54, 1.807) is 18.2 Å². The summed E-state index contributed by atoms with van der Waals surface area (Å²) < 4.78 is 16.6. The molecule has 1 saturated heterocycles. The molecule has 0 saturated carbocycles. The van der Waals surface area contributed by atoms with Gasteiger partial charge in [-0.1, -0.05) is 38.5 Å². The lowest BCUT2D eigenvalue weighted by atomic mass is 9.94. The Bertz CT molecular complexity index is 1010. The Labute approximate surface area is 194 Å². The highest BCUT2D eigenvalue weighted by Gasteiger charge is 2.46. The first kappa shape index (κ1) is 24.2. The van der Waals surface area contributed by atoms with Crippen molar-refractivity contribution in [2.45, 2.75) is 39.2 Å². The Morgan fingerprint density at radius 1 is 0.970 bits per heavy atom. The molecule has 0 spiro atoms. The first-order valence-electron chi connectivity index (χ1n) is 11.2. The number of ketones is 1. The number of nitrogens with zero attached hydrogens (tertiary/aromatic N) is 1. The summed E-state index contributed by atoms with van der Waals surface area (Å²) in [6.07, 6.45) is 2.66. The number of carbonyl (C=O) groups is 2. The van der Waals surface area contributed by atoms with E-state index in [4.69, 9.17) is 14.2 Å². The summed E-state index contributed by atoms with van der Waals surface area (Å²) in [7, 11) is 2.94. The number of aliphatic hydroxyl groups excluding tert-OH is 1. The molecule has 1 fully saturated rings. The van der Waals surface area contributed by atoms with E-state index in [2.05, 4.69) is 6.92 Å². The standard InChI is InChI=1S/C26H31NO6/c1-5-7-16-33-18-13-11-17(12-14-18)23-22(25(29)26(30)27(23)15-6-2)24(28)21-19(31-3)9-8-10-20(21)32-4/h8-14,23,28H,5-7,15-16H2,1-4H3/b24-22+. The highest BCUT2D eigenvalue weighted by molar-refractivity contribution is 6.46. The molecule has 1 heterocycles. The van der Waals surface area contributed by atoms with Gasteiger partial charge in [0.25, 0.3) is 11.7 Å². The molecule has 7 heteroatoms. The summed E-state index contributed by atoms with van der Waals surface area (Å²) in [5.74, 6) is -0.304. The molecule has 1 aliphatic heterocycles. The van der Waals surface area contributed by atoms with Crippen molar-refractivity contribution in [1.29, 1.82) is 0 Å². The number of hydrogen-bond donors (Lipinski definition) is 1. The Morgan fingerprint density at radius 2 is 1.61 bits per heavy atom. The summed E-state index contributed by atoms with van der Waals surface area (Å²) >= 11 is 0. The number of benzene rings is 2. The number of unbranched alkanes of at least 4 members (excludes halogenated alkanes) is 1. The molecule has 1 amide bonds. The zero-order chi connectivity index (χ0) is 24.0. The van der Waals surface area contributed by atoms with Gasteiger partial charge in [0, 0.05) is 6.54 Å². The largest absolute Gasteiger partial charge is 0.506 e. The summed E-state index contributed by atoms with van der Waals surface area (Å²) in [5.41, 5.74) is 0.957. The van der Waals surface area contributed by atoms with Crippen molar-refractivity contribution >= 4 is 17.4 Å². The lowest BCUT2D eigenvalue weighted by Gasteiger charge is -2.25. The number of aliphatic hydroxyl groups is 1. The molecule has 7 nitrogen and oxygen atoms in total. The van der Waals surface area contributed by atoms with Gasteiger partial charge < -0.3 is 24.2 Å². The molecule has 176 valence electrons. The summed E-state index contributed by atoms with van der Waals surface area (Å²) in [5, 5.41) is 11.3. The first-order chi connectivity index (χ1) is 16.0. The molecular weight excluding hydrogens is 422 g/mol. The van der Waals surface area contributed by atoms with Gasteiger partial charge in [-0.15, -0.1) is 0 Å². The maximum atomic E-state index is 13.1. The molecular formula is C26H31NO6. The summed E-state index contributed by atoms with van der Waals surface area (Å²) in [4.78, 5) is 27.5. The third kappa shape index (κ3) is 4.82. The van der Waals surface area contributed by atoms with Gasteiger partial charge in [-0.05, 0) is 42.7 Å².